The lowest BCUT2D eigenvalue weighted by atomic mass is 9.98. The summed E-state index contributed by atoms with van der Waals surface area (Å²) in [5, 5.41) is 0. The second-order valence-electron chi connectivity index (χ2n) is 6.04. The molecule has 0 unspecified atom stereocenters. The Hall–Kier alpha value is -1.93. The first-order chi connectivity index (χ1) is 10.1. The number of carbonyl (C=O) groups is 1. The Kier molecular flexibility index (Phi) is 3.89. The zero-order valence-corrected chi connectivity index (χ0v) is 12.7. The standard InChI is InChI=1S/C19H21NO/c1-14-9-15(2)11-18(10-14)19(21)17-6-3-5-16(12-17)13-20-7-4-8-20/h3,5-6,9-12H,4,7-8,13H2,1-2H3. The van der Waals surface area contributed by atoms with Crippen LogP contribution in [0.25, 0.3) is 0 Å². The van der Waals surface area contributed by atoms with Crippen LogP contribution in [0, 0.1) is 13.8 Å². The van der Waals surface area contributed by atoms with Crippen molar-refractivity contribution < 1.29 is 4.79 Å². The second kappa shape index (κ2) is 5.82. The van der Waals surface area contributed by atoms with Gasteiger partial charge in [0.1, 0.15) is 0 Å². The maximum atomic E-state index is 12.7. The maximum Gasteiger partial charge on any atom is 0.193 e. The Labute approximate surface area is 126 Å². The highest BCUT2D eigenvalue weighted by atomic mass is 16.1. The highest BCUT2D eigenvalue weighted by Crippen LogP contribution is 2.17. The van der Waals surface area contributed by atoms with Gasteiger partial charge in [0.25, 0.3) is 0 Å². The first-order valence-electron chi connectivity index (χ1n) is 7.56. The van der Waals surface area contributed by atoms with Gasteiger partial charge < -0.3 is 0 Å². The van der Waals surface area contributed by atoms with E-state index in [1.165, 1.54) is 25.1 Å². The van der Waals surface area contributed by atoms with E-state index in [4.69, 9.17) is 0 Å². The molecule has 1 saturated heterocycles. The zero-order valence-electron chi connectivity index (χ0n) is 12.7. The van der Waals surface area contributed by atoms with Crippen LogP contribution in [-0.2, 0) is 6.54 Å². The number of hydrogen-bond donors (Lipinski definition) is 0. The van der Waals surface area contributed by atoms with Crippen molar-refractivity contribution in [2.75, 3.05) is 13.1 Å². The molecule has 2 aromatic rings. The third kappa shape index (κ3) is 3.22. The van der Waals surface area contributed by atoms with Gasteiger partial charge in [-0.25, -0.2) is 0 Å². The monoisotopic (exact) mass is 279 g/mol. The second-order valence-corrected chi connectivity index (χ2v) is 6.04. The highest BCUT2D eigenvalue weighted by molar-refractivity contribution is 6.09. The van der Waals surface area contributed by atoms with Crippen LogP contribution in [0.1, 0.15) is 39.0 Å². The molecule has 0 spiro atoms. The van der Waals surface area contributed by atoms with Gasteiger partial charge >= 0.3 is 0 Å². The molecular weight excluding hydrogens is 258 g/mol. The molecular formula is C19H21NO. The predicted molar refractivity (Wildman–Crippen MR) is 85.7 cm³/mol. The number of rotatable bonds is 4. The fraction of sp³-hybridized carbons (Fsp3) is 0.316. The minimum atomic E-state index is 0.118. The fourth-order valence-corrected chi connectivity index (χ4v) is 2.88. The summed E-state index contributed by atoms with van der Waals surface area (Å²) in [6.45, 7) is 7.37. The first-order valence-corrected chi connectivity index (χ1v) is 7.56. The van der Waals surface area contributed by atoms with Gasteiger partial charge in [-0.3, -0.25) is 9.69 Å². The summed E-state index contributed by atoms with van der Waals surface area (Å²) in [5.41, 5.74) is 5.07. The Morgan fingerprint density at radius 3 is 2.33 bits per heavy atom. The van der Waals surface area contributed by atoms with Crippen molar-refractivity contribution in [1.29, 1.82) is 0 Å². The van der Waals surface area contributed by atoms with E-state index in [2.05, 4.69) is 17.0 Å². The summed E-state index contributed by atoms with van der Waals surface area (Å²) in [5.74, 6) is 0.118. The summed E-state index contributed by atoms with van der Waals surface area (Å²) in [6.07, 6.45) is 1.29. The number of hydrogen-bond acceptors (Lipinski definition) is 2. The molecule has 108 valence electrons. The number of benzene rings is 2. The molecule has 1 aliphatic rings. The van der Waals surface area contributed by atoms with Gasteiger partial charge in [-0.15, -0.1) is 0 Å². The number of ketones is 1. The van der Waals surface area contributed by atoms with Crippen molar-refractivity contribution in [2.24, 2.45) is 0 Å². The molecule has 0 saturated carbocycles. The van der Waals surface area contributed by atoms with Gasteiger partial charge in [0, 0.05) is 17.7 Å². The van der Waals surface area contributed by atoms with Crippen LogP contribution in [0.15, 0.2) is 42.5 Å². The molecule has 2 aromatic carbocycles. The van der Waals surface area contributed by atoms with Crippen LogP contribution in [0.5, 0.6) is 0 Å². The Morgan fingerprint density at radius 1 is 1.00 bits per heavy atom. The smallest absolute Gasteiger partial charge is 0.193 e. The number of likely N-dealkylation sites (tertiary alicyclic amines) is 1. The van der Waals surface area contributed by atoms with Crippen LogP contribution in [0.2, 0.25) is 0 Å². The number of nitrogens with zero attached hydrogens (tertiary/aromatic N) is 1. The zero-order chi connectivity index (χ0) is 14.8. The Balaban J connectivity index is 1.84. The van der Waals surface area contributed by atoms with Crippen LogP contribution in [-0.4, -0.2) is 23.8 Å². The van der Waals surface area contributed by atoms with Crippen LogP contribution >= 0.6 is 0 Å². The van der Waals surface area contributed by atoms with Gasteiger partial charge in [0.15, 0.2) is 5.78 Å². The lowest BCUT2D eigenvalue weighted by Gasteiger charge is -2.30. The highest BCUT2D eigenvalue weighted by Gasteiger charge is 2.15. The molecule has 1 aliphatic heterocycles. The lowest BCUT2D eigenvalue weighted by Crippen LogP contribution is -2.36. The molecule has 0 bridgehead atoms. The summed E-state index contributed by atoms with van der Waals surface area (Å²) in [4.78, 5) is 15.1. The molecule has 1 heterocycles. The largest absolute Gasteiger partial charge is 0.299 e. The van der Waals surface area contributed by atoms with Gasteiger partial charge in [-0.2, -0.15) is 0 Å². The Morgan fingerprint density at radius 2 is 1.71 bits per heavy atom. The molecule has 2 heteroatoms. The van der Waals surface area contributed by atoms with E-state index in [1.54, 1.807) is 0 Å². The molecule has 0 amide bonds. The Bertz CT molecular complexity index is 651. The first kappa shape index (κ1) is 14.0. The van der Waals surface area contributed by atoms with E-state index in [9.17, 15) is 4.79 Å². The van der Waals surface area contributed by atoms with E-state index in [0.717, 1.165) is 28.8 Å². The average Bonchev–Trinajstić information content (AvgIpc) is 2.41. The predicted octanol–water partition coefficient (Wildman–Crippen LogP) is 3.74. The van der Waals surface area contributed by atoms with Crippen molar-refractivity contribution in [3.8, 4) is 0 Å². The van der Waals surface area contributed by atoms with E-state index in [-0.39, 0.29) is 5.78 Å². The molecule has 21 heavy (non-hydrogen) atoms. The van der Waals surface area contributed by atoms with Crippen LogP contribution < -0.4 is 0 Å². The quantitative estimate of drug-likeness (QED) is 0.795. The van der Waals surface area contributed by atoms with E-state index < -0.39 is 0 Å². The average molecular weight is 279 g/mol. The molecule has 2 nitrogen and oxygen atoms in total. The molecule has 0 aliphatic carbocycles. The van der Waals surface area contributed by atoms with Crippen molar-refractivity contribution in [2.45, 2.75) is 26.8 Å². The van der Waals surface area contributed by atoms with E-state index in [0.29, 0.717) is 0 Å². The summed E-state index contributed by atoms with van der Waals surface area (Å²) in [6, 6.07) is 14.1. The molecule has 0 atom stereocenters. The minimum absolute atomic E-state index is 0.118. The van der Waals surface area contributed by atoms with Crippen molar-refractivity contribution >= 4 is 5.78 Å². The van der Waals surface area contributed by atoms with Crippen LogP contribution in [0.3, 0.4) is 0 Å². The van der Waals surface area contributed by atoms with E-state index >= 15 is 0 Å². The van der Waals surface area contributed by atoms with Crippen molar-refractivity contribution in [3.05, 3.63) is 70.3 Å². The van der Waals surface area contributed by atoms with Gasteiger partial charge in [0.2, 0.25) is 0 Å². The summed E-state index contributed by atoms with van der Waals surface area (Å²) >= 11 is 0. The molecule has 0 aromatic heterocycles. The van der Waals surface area contributed by atoms with Crippen molar-refractivity contribution in [3.63, 3.8) is 0 Å². The molecule has 0 radical (unpaired) electrons. The third-order valence-corrected chi connectivity index (χ3v) is 4.03. The molecule has 1 fully saturated rings. The normalized spacial score (nSPS) is 14.8. The van der Waals surface area contributed by atoms with E-state index in [1.807, 2.05) is 44.2 Å². The number of aryl methyl sites for hydroxylation is 2. The van der Waals surface area contributed by atoms with Gasteiger partial charge in [-0.05, 0) is 57.1 Å². The topological polar surface area (TPSA) is 20.3 Å². The number of carbonyl (C=O) groups excluding carboxylic acids is 1. The molecule has 3 rings (SSSR count). The van der Waals surface area contributed by atoms with Gasteiger partial charge in [-0.1, -0.05) is 35.4 Å². The van der Waals surface area contributed by atoms with Crippen LogP contribution in [0.4, 0.5) is 0 Å². The van der Waals surface area contributed by atoms with Crippen molar-refractivity contribution in [1.82, 2.24) is 4.90 Å². The third-order valence-electron chi connectivity index (χ3n) is 4.03. The lowest BCUT2D eigenvalue weighted by molar-refractivity contribution is 0.103. The SMILES string of the molecule is Cc1cc(C)cc(C(=O)c2cccc(CN3CCC3)c2)c1. The summed E-state index contributed by atoms with van der Waals surface area (Å²) < 4.78 is 0. The maximum absolute atomic E-state index is 12.7. The summed E-state index contributed by atoms with van der Waals surface area (Å²) in [7, 11) is 0. The van der Waals surface area contributed by atoms with Gasteiger partial charge in [0.05, 0.1) is 0 Å². The molecule has 0 N–H and O–H groups in total. The fourth-order valence-electron chi connectivity index (χ4n) is 2.88. The minimum Gasteiger partial charge on any atom is -0.299 e.